The van der Waals surface area contributed by atoms with Crippen LogP contribution in [0, 0.1) is 0 Å². The molecule has 0 rings (SSSR count). The molecule has 0 unspecified atom stereocenters. The van der Waals surface area contributed by atoms with E-state index >= 15 is 0 Å². The molecule has 0 aliphatic rings. The van der Waals surface area contributed by atoms with Crippen molar-refractivity contribution in [1.82, 2.24) is 16.0 Å². The maximum Gasteiger partial charge on any atom is 0.305 e. The fourth-order valence-electron chi connectivity index (χ4n) is 2.37. The highest BCUT2D eigenvalue weighted by Crippen LogP contribution is 2.03. The summed E-state index contributed by atoms with van der Waals surface area (Å²) < 4.78 is 4.52. The molecule has 5 N–H and O–H groups in total. The van der Waals surface area contributed by atoms with E-state index in [1.807, 2.05) is 0 Å². The molecule has 0 aliphatic heterocycles. The van der Waals surface area contributed by atoms with E-state index in [4.69, 9.17) is 10.2 Å². The Bertz CT molecular complexity index is 674. The summed E-state index contributed by atoms with van der Waals surface area (Å²) in [5.41, 5.74) is 1.02. The van der Waals surface area contributed by atoms with Gasteiger partial charge in [0, 0.05) is 25.1 Å². The van der Waals surface area contributed by atoms with Gasteiger partial charge in [-0.1, -0.05) is 6.08 Å². The summed E-state index contributed by atoms with van der Waals surface area (Å²) in [6.45, 7) is 4.41. The van der Waals surface area contributed by atoms with E-state index in [9.17, 15) is 19.2 Å². The van der Waals surface area contributed by atoms with Crippen molar-refractivity contribution in [3.05, 3.63) is 23.4 Å². The number of aliphatic hydroxyl groups is 2. The van der Waals surface area contributed by atoms with Crippen LogP contribution in [0.4, 0.5) is 0 Å². The number of hydrogen-bond donors (Lipinski definition) is 5. The summed E-state index contributed by atoms with van der Waals surface area (Å²) in [5.74, 6) is -1.67. The highest BCUT2D eigenvalue weighted by Gasteiger charge is 2.21. The maximum absolute atomic E-state index is 12.4. The van der Waals surface area contributed by atoms with Crippen LogP contribution in [0.15, 0.2) is 23.4 Å². The van der Waals surface area contributed by atoms with Crippen molar-refractivity contribution in [2.24, 2.45) is 0 Å². The Morgan fingerprint density at radius 2 is 1.58 bits per heavy atom. The van der Waals surface area contributed by atoms with E-state index in [0.29, 0.717) is 30.5 Å². The molecule has 0 saturated carbocycles. The number of nitrogens with one attached hydrogen (secondary N) is 3. The highest BCUT2D eigenvalue weighted by atomic mass is 16.5. The molecule has 2 atom stereocenters. The molecule has 0 fully saturated rings. The molecule has 10 nitrogen and oxygen atoms in total. The van der Waals surface area contributed by atoms with Gasteiger partial charge in [0.15, 0.2) is 0 Å². The van der Waals surface area contributed by atoms with Crippen molar-refractivity contribution in [1.29, 1.82) is 0 Å². The van der Waals surface area contributed by atoms with Crippen LogP contribution >= 0.6 is 0 Å². The third-order valence-corrected chi connectivity index (χ3v) is 4.20. The predicted molar refractivity (Wildman–Crippen MR) is 114 cm³/mol. The van der Waals surface area contributed by atoms with Gasteiger partial charge in [-0.3, -0.25) is 19.2 Å². The van der Waals surface area contributed by atoms with Crippen molar-refractivity contribution in [3.8, 4) is 0 Å². The summed E-state index contributed by atoms with van der Waals surface area (Å²) >= 11 is 0. The zero-order chi connectivity index (χ0) is 23.8. The van der Waals surface area contributed by atoms with E-state index in [1.165, 1.54) is 21.0 Å². The number of carbonyl (C=O) groups excluding carboxylic acids is 4. The number of esters is 1. The number of allylic oxidation sites excluding steroid dienone is 1. The average molecular weight is 442 g/mol. The van der Waals surface area contributed by atoms with Gasteiger partial charge in [0.1, 0.15) is 12.1 Å². The molecular weight excluding hydrogens is 406 g/mol. The van der Waals surface area contributed by atoms with Crippen LogP contribution in [0.3, 0.4) is 0 Å². The number of ether oxygens (including phenoxy) is 1. The van der Waals surface area contributed by atoms with Gasteiger partial charge in [0.05, 0.1) is 13.7 Å². The van der Waals surface area contributed by atoms with Gasteiger partial charge in [-0.15, -0.1) is 0 Å². The Morgan fingerprint density at radius 1 is 0.968 bits per heavy atom. The zero-order valence-corrected chi connectivity index (χ0v) is 18.7. The summed E-state index contributed by atoms with van der Waals surface area (Å²) in [6, 6.07) is -1.73. The fraction of sp³-hybridized carbons (Fsp3) is 0.619. The normalized spacial score (nSPS) is 13.7. The Morgan fingerprint density at radius 3 is 2.16 bits per heavy atom. The standard InChI is InChI=1S/C21H35N3O7/c1-14(13-26)12-17(8-7-11-25)24-21(30)16(3)23-20(29)15(2)22-18(27)9-5-6-10-19(28)31-4/h8,12,15-16,25-26H,5-7,9-11,13H2,1-4H3,(H,22,27)(H,23,29)(H,24,30)/b14-12+,17-8+/t15-,16-/m0/s1. The molecule has 0 aromatic rings. The SMILES string of the molecule is COC(=O)CCCCC(=O)N[C@@H](C)C(=O)N[C@@H](C)C(=O)NC(/C=C(\C)CO)=C/CCO. The number of aliphatic hydroxyl groups excluding tert-OH is 2. The lowest BCUT2D eigenvalue weighted by molar-refractivity contribution is -0.140. The first-order valence-electron chi connectivity index (χ1n) is 10.2. The molecule has 0 aromatic heterocycles. The minimum Gasteiger partial charge on any atom is -0.469 e. The minimum absolute atomic E-state index is 0.0996. The third-order valence-electron chi connectivity index (χ3n) is 4.20. The lowest BCUT2D eigenvalue weighted by Gasteiger charge is -2.19. The number of rotatable bonds is 14. The summed E-state index contributed by atoms with van der Waals surface area (Å²) in [5, 5.41) is 25.8. The Labute approximate surface area is 183 Å². The number of unbranched alkanes of at least 4 members (excludes halogenated alkanes) is 1. The molecule has 176 valence electrons. The van der Waals surface area contributed by atoms with E-state index < -0.39 is 23.9 Å². The number of methoxy groups -OCH3 is 1. The summed E-state index contributed by atoms with van der Waals surface area (Å²) in [7, 11) is 1.30. The van der Waals surface area contributed by atoms with Crippen molar-refractivity contribution in [2.45, 2.75) is 65.0 Å². The van der Waals surface area contributed by atoms with Gasteiger partial charge < -0.3 is 30.9 Å². The van der Waals surface area contributed by atoms with E-state index in [-0.39, 0.29) is 37.9 Å². The molecule has 0 spiro atoms. The second-order valence-corrected chi connectivity index (χ2v) is 7.11. The van der Waals surface area contributed by atoms with Gasteiger partial charge in [0.2, 0.25) is 17.7 Å². The van der Waals surface area contributed by atoms with Crippen LogP contribution in [0.2, 0.25) is 0 Å². The lowest BCUT2D eigenvalue weighted by Crippen LogP contribution is -2.51. The Balaban J connectivity index is 4.58. The van der Waals surface area contributed by atoms with Crippen LogP contribution < -0.4 is 16.0 Å². The third kappa shape index (κ3) is 13.2. The first-order chi connectivity index (χ1) is 14.6. The van der Waals surface area contributed by atoms with Crippen molar-refractivity contribution < 1.29 is 34.1 Å². The van der Waals surface area contributed by atoms with Crippen molar-refractivity contribution in [3.63, 3.8) is 0 Å². The Hall–Kier alpha value is -2.72. The highest BCUT2D eigenvalue weighted by molar-refractivity contribution is 5.92. The molecule has 10 heteroatoms. The summed E-state index contributed by atoms with van der Waals surface area (Å²) in [4.78, 5) is 47.6. The van der Waals surface area contributed by atoms with Gasteiger partial charge in [-0.25, -0.2) is 0 Å². The first kappa shape index (κ1) is 28.3. The predicted octanol–water partition coefficient (Wildman–Crippen LogP) is 0.0503. The number of hydrogen-bond acceptors (Lipinski definition) is 7. The van der Waals surface area contributed by atoms with Crippen LogP contribution in [0.5, 0.6) is 0 Å². The summed E-state index contributed by atoms with van der Waals surface area (Å²) in [6.07, 6.45) is 4.88. The van der Waals surface area contributed by atoms with E-state index in [0.717, 1.165) is 0 Å². The molecule has 3 amide bonds. The van der Waals surface area contributed by atoms with Crippen LogP contribution in [-0.4, -0.2) is 66.3 Å². The van der Waals surface area contributed by atoms with Crippen LogP contribution in [-0.2, 0) is 23.9 Å². The molecule has 0 aliphatic carbocycles. The number of carbonyl (C=O) groups is 4. The first-order valence-corrected chi connectivity index (χ1v) is 10.2. The van der Waals surface area contributed by atoms with Crippen molar-refractivity contribution in [2.75, 3.05) is 20.3 Å². The van der Waals surface area contributed by atoms with Crippen molar-refractivity contribution >= 4 is 23.7 Å². The topological polar surface area (TPSA) is 154 Å². The molecule has 0 saturated heterocycles. The second kappa shape index (κ2) is 16.0. The minimum atomic E-state index is -0.882. The monoisotopic (exact) mass is 441 g/mol. The van der Waals surface area contributed by atoms with Gasteiger partial charge in [-0.05, 0) is 51.7 Å². The Kier molecular flexibility index (Phi) is 14.6. The van der Waals surface area contributed by atoms with E-state index in [1.54, 1.807) is 19.1 Å². The molecular formula is C21H35N3O7. The molecule has 31 heavy (non-hydrogen) atoms. The second-order valence-electron chi connectivity index (χ2n) is 7.11. The maximum atomic E-state index is 12.4. The molecule has 0 radical (unpaired) electrons. The van der Waals surface area contributed by atoms with Gasteiger partial charge >= 0.3 is 5.97 Å². The van der Waals surface area contributed by atoms with E-state index in [2.05, 4.69) is 20.7 Å². The lowest BCUT2D eigenvalue weighted by atomic mass is 10.1. The molecule has 0 heterocycles. The molecule has 0 aromatic carbocycles. The smallest absolute Gasteiger partial charge is 0.305 e. The number of amides is 3. The van der Waals surface area contributed by atoms with Gasteiger partial charge in [0.25, 0.3) is 0 Å². The molecule has 0 bridgehead atoms. The van der Waals surface area contributed by atoms with Crippen LogP contribution in [0.25, 0.3) is 0 Å². The fourth-order valence-corrected chi connectivity index (χ4v) is 2.37. The largest absolute Gasteiger partial charge is 0.469 e. The average Bonchev–Trinajstić information content (AvgIpc) is 2.74. The zero-order valence-electron chi connectivity index (χ0n) is 18.7. The quantitative estimate of drug-likeness (QED) is 0.145. The van der Waals surface area contributed by atoms with Crippen LogP contribution in [0.1, 0.15) is 52.9 Å². The van der Waals surface area contributed by atoms with Gasteiger partial charge in [-0.2, -0.15) is 0 Å².